The van der Waals surface area contributed by atoms with Gasteiger partial charge in [-0.2, -0.15) is 0 Å². The summed E-state index contributed by atoms with van der Waals surface area (Å²) in [6, 6.07) is 3.30. The summed E-state index contributed by atoms with van der Waals surface area (Å²) in [5, 5.41) is 2.91. The molecule has 0 unspecified atom stereocenters. The van der Waals surface area contributed by atoms with Crippen LogP contribution in [0.3, 0.4) is 0 Å². The van der Waals surface area contributed by atoms with Crippen molar-refractivity contribution in [1.82, 2.24) is 5.32 Å². The van der Waals surface area contributed by atoms with E-state index in [9.17, 15) is 4.79 Å². The molecule has 0 aliphatic rings. The summed E-state index contributed by atoms with van der Waals surface area (Å²) in [6.07, 6.45) is 4.47. The highest BCUT2D eigenvalue weighted by Crippen LogP contribution is 2.34. The molecule has 5 nitrogen and oxygen atoms in total. The number of carbonyl (C=O) groups is 1. The Bertz CT molecular complexity index is 460. The van der Waals surface area contributed by atoms with Crippen LogP contribution >= 0.6 is 0 Å². The van der Waals surface area contributed by atoms with Gasteiger partial charge in [0.1, 0.15) is 5.75 Å². The number of nitrogens with one attached hydrogen (secondary N) is 1. The first-order valence-corrected chi connectivity index (χ1v) is 7.26. The van der Waals surface area contributed by atoms with Crippen molar-refractivity contribution in [2.75, 3.05) is 27.9 Å². The number of rotatable bonds is 9. The normalized spacial score (nSPS) is 10.1. The van der Waals surface area contributed by atoms with Crippen molar-refractivity contribution in [3.05, 3.63) is 17.7 Å². The largest absolute Gasteiger partial charge is 0.496 e. The van der Waals surface area contributed by atoms with E-state index in [-0.39, 0.29) is 5.91 Å². The molecular formula is C16H25NO4. The lowest BCUT2D eigenvalue weighted by Crippen LogP contribution is -2.25. The molecule has 1 aromatic rings. The fourth-order valence-electron chi connectivity index (χ4n) is 2.06. The van der Waals surface area contributed by atoms with E-state index in [1.165, 1.54) is 27.1 Å². The van der Waals surface area contributed by atoms with E-state index in [4.69, 9.17) is 14.2 Å². The third-order valence-electron chi connectivity index (χ3n) is 3.27. The summed E-state index contributed by atoms with van der Waals surface area (Å²) in [5.41, 5.74) is 0.450. The quantitative estimate of drug-likeness (QED) is 0.711. The molecule has 0 aromatic heterocycles. The lowest BCUT2D eigenvalue weighted by Gasteiger charge is -2.14. The summed E-state index contributed by atoms with van der Waals surface area (Å²) in [6.45, 7) is 2.82. The lowest BCUT2D eigenvalue weighted by molar-refractivity contribution is 0.0949. The van der Waals surface area contributed by atoms with Crippen LogP contribution < -0.4 is 19.5 Å². The fraction of sp³-hybridized carbons (Fsp3) is 0.562. The summed E-state index contributed by atoms with van der Waals surface area (Å²) in [7, 11) is 4.61. The second kappa shape index (κ2) is 9.10. The molecule has 5 heteroatoms. The molecule has 0 aliphatic heterocycles. The van der Waals surface area contributed by atoms with E-state index in [1.807, 2.05) is 0 Å². The van der Waals surface area contributed by atoms with E-state index in [2.05, 4.69) is 12.2 Å². The average Bonchev–Trinajstić information content (AvgIpc) is 2.52. The van der Waals surface area contributed by atoms with Gasteiger partial charge in [0.05, 0.1) is 26.9 Å². The molecule has 0 fully saturated rings. The van der Waals surface area contributed by atoms with Gasteiger partial charge in [-0.05, 0) is 6.42 Å². The van der Waals surface area contributed by atoms with Crippen LogP contribution in [0, 0.1) is 0 Å². The van der Waals surface area contributed by atoms with Crippen molar-refractivity contribution in [3.8, 4) is 17.2 Å². The number of ether oxygens (including phenoxy) is 3. The van der Waals surface area contributed by atoms with Gasteiger partial charge in [0.2, 0.25) is 0 Å². The highest BCUT2D eigenvalue weighted by atomic mass is 16.5. The number of hydrogen-bond acceptors (Lipinski definition) is 4. The van der Waals surface area contributed by atoms with E-state index < -0.39 is 0 Å². The molecule has 0 radical (unpaired) electrons. The van der Waals surface area contributed by atoms with E-state index in [0.717, 1.165) is 12.8 Å². The molecule has 0 bridgehead atoms. The van der Waals surface area contributed by atoms with Crippen LogP contribution in [-0.2, 0) is 0 Å². The Labute approximate surface area is 126 Å². The molecule has 21 heavy (non-hydrogen) atoms. The maximum absolute atomic E-state index is 12.2. The average molecular weight is 295 g/mol. The fourth-order valence-corrected chi connectivity index (χ4v) is 2.06. The third kappa shape index (κ3) is 4.85. The maximum Gasteiger partial charge on any atom is 0.255 e. The van der Waals surface area contributed by atoms with Crippen molar-refractivity contribution in [2.24, 2.45) is 0 Å². The third-order valence-corrected chi connectivity index (χ3v) is 3.27. The molecule has 0 heterocycles. The first kappa shape index (κ1) is 17.1. The van der Waals surface area contributed by atoms with E-state index in [0.29, 0.717) is 29.4 Å². The number of methoxy groups -OCH3 is 3. The SMILES string of the molecule is CCCCCCNC(=O)c1cc(OC)c(OC)cc1OC. The van der Waals surface area contributed by atoms with Crippen LogP contribution in [0.1, 0.15) is 43.0 Å². The van der Waals surface area contributed by atoms with Crippen LogP contribution in [-0.4, -0.2) is 33.8 Å². The van der Waals surface area contributed by atoms with Crippen molar-refractivity contribution < 1.29 is 19.0 Å². The first-order valence-electron chi connectivity index (χ1n) is 7.26. The molecule has 118 valence electrons. The Balaban J connectivity index is 2.77. The highest BCUT2D eigenvalue weighted by Gasteiger charge is 2.17. The van der Waals surface area contributed by atoms with Gasteiger partial charge in [-0.1, -0.05) is 26.2 Å². The maximum atomic E-state index is 12.2. The minimum Gasteiger partial charge on any atom is -0.496 e. The van der Waals surface area contributed by atoms with Gasteiger partial charge < -0.3 is 19.5 Å². The van der Waals surface area contributed by atoms with E-state index in [1.54, 1.807) is 19.2 Å². The van der Waals surface area contributed by atoms with Crippen molar-refractivity contribution in [3.63, 3.8) is 0 Å². The number of benzene rings is 1. The zero-order chi connectivity index (χ0) is 15.7. The summed E-state index contributed by atoms with van der Waals surface area (Å²) in [4.78, 5) is 12.2. The second-order valence-electron chi connectivity index (χ2n) is 4.72. The molecule has 0 saturated heterocycles. The molecular weight excluding hydrogens is 270 g/mol. The summed E-state index contributed by atoms with van der Waals surface area (Å²) >= 11 is 0. The van der Waals surface area contributed by atoms with E-state index >= 15 is 0 Å². The highest BCUT2D eigenvalue weighted by molar-refractivity contribution is 5.97. The lowest BCUT2D eigenvalue weighted by atomic mass is 10.1. The van der Waals surface area contributed by atoms with Crippen molar-refractivity contribution in [2.45, 2.75) is 32.6 Å². The first-order chi connectivity index (χ1) is 10.2. The molecule has 0 atom stereocenters. The number of carbonyl (C=O) groups excluding carboxylic acids is 1. The predicted molar refractivity (Wildman–Crippen MR) is 82.6 cm³/mol. The van der Waals surface area contributed by atoms with Crippen LogP contribution in [0.4, 0.5) is 0 Å². The van der Waals surface area contributed by atoms with Crippen molar-refractivity contribution in [1.29, 1.82) is 0 Å². The molecule has 0 spiro atoms. The van der Waals surface area contributed by atoms with Gasteiger partial charge in [-0.15, -0.1) is 0 Å². The van der Waals surface area contributed by atoms with Crippen LogP contribution in [0.15, 0.2) is 12.1 Å². The van der Waals surface area contributed by atoms with Gasteiger partial charge in [0.25, 0.3) is 5.91 Å². The molecule has 1 amide bonds. The zero-order valence-corrected chi connectivity index (χ0v) is 13.3. The smallest absolute Gasteiger partial charge is 0.255 e. The predicted octanol–water partition coefficient (Wildman–Crippen LogP) is 3.02. The monoisotopic (exact) mass is 295 g/mol. The summed E-state index contributed by atoms with van der Waals surface area (Å²) < 4.78 is 15.7. The van der Waals surface area contributed by atoms with Crippen LogP contribution in [0.5, 0.6) is 17.2 Å². The molecule has 1 aromatic carbocycles. The molecule has 1 N–H and O–H groups in total. The Kier molecular flexibility index (Phi) is 7.43. The minimum atomic E-state index is -0.163. The Hall–Kier alpha value is -1.91. The van der Waals surface area contributed by atoms with Gasteiger partial charge in [-0.3, -0.25) is 4.79 Å². The van der Waals surface area contributed by atoms with Gasteiger partial charge in [-0.25, -0.2) is 0 Å². The van der Waals surface area contributed by atoms with Crippen LogP contribution in [0.2, 0.25) is 0 Å². The van der Waals surface area contributed by atoms with Crippen molar-refractivity contribution >= 4 is 5.91 Å². The molecule has 1 rings (SSSR count). The molecule has 0 saturated carbocycles. The Morgan fingerprint density at radius 3 is 2.14 bits per heavy atom. The van der Waals surface area contributed by atoms with Crippen LogP contribution in [0.25, 0.3) is 0 Å². The van der Waals surface area contributed by atoms with Gasteiger partial charge >= 0.3 is 0 Å². The zero-order valence-electron chi connectivity index (χ0n) is 13.3. The standard InChI is InChI=1S/C16H25NO4/c1-5-6-7-8-9-17-16(18)12-10-14(20-3)15(21-4)11-13(12)19-2/h10-11H,5-9H2,1-4H3,(H,17,18). The summed E-state index contributed by atoms with van der Waals surface area (Å²) in [5.74, 6) is 1.35. The van der Waals surface area contributed by atoms with Gasteiger partial charge in [0, 0.05) is 18.7 Å². The number of hydrogen-bond donors (Lipinski definition) is 1. The minimum absolute atomic E-state index is 0.163. The Morgan fingerprint density at radius 2 is 1.57 bits per heavy atom. The second-order valence-corrected chi connectivity index (χ2v) is 4.72. The Morgan fingerprint density at radius 1 is 0.952 bits per heavy atom. The number of amides is 1. The number of unbranched alkanes of at least 4 members (excludes halogenated alkanes) is 3. The van der Waals surface area contributed by atoms with Gasteiger partial charge in [0.15, 0.2) is 11.5 Å². The topological polar surface area (TPSA) is 56.8 Å². The molecule has 0 aliphatic carbocycles.